The van der Waals surface area contributed by atoms with E-state index in [1.165, 1.54) is 4.90 Å². The second-order valence-corrected chi connectivity index (χ2v) is 6.23. The van der Waals surface area contributed by atoms with Crippen LogP contribution < -0.4 is 5.32 Å². The van der Waals surface area contributed by atoms with Crippen molar-refractivity contribution in [3.05, 3.63) is 42.6 Å². The molecule has 27 heavy (non-hydrogen) atoms. The normalized spacial score (nSPS) is 14.9. The summed E-state index contributed by atoms with van der Waals surface area (Å²) in [6.07, 6.45) is 0.0216. The molecule has 1 aliphatic rings. The molecule has 0 aromatic carbocycles. The number of nitrogens with zero attached hydrogens (tertiary/aromatic N) is 4. The maximum absolute atomic E-state index is 12.3. The SMILES string of the molecule is C=CCNc1nc2c(C3=CCN(C(=O)CCC(F)(F)F)CC3)cccn2n1. The third-order valence-electron chi connectivity index (χ3n) is 4.30. The first kappa shape index (κ1) is 18.9. The molecule has 9 heteroatoms. The van der Waals surface area contributed by atoms with Gasteiger partial charge in [-0.15, -0.1) is 11.7 Å². The molecule has 2 aromatic heterocycles. The van der Waals surface area contributed by atoms with Crippen LogP contribution in [0.3, 0.4) is 0 Å². The Balaban J connectivity index is 1.72. The van der Waals surface area contributed by atoms with Crippen molar-refractivity contribution in [2.75, 3.05) is 25.0 Å². The quantitative estimate of drug-likeness (QED) is 0.783. The Morgan fingerprint density at radius 3 is 2.89 bits per heavy atom. The van der Waals surface area contributed by atoms with Gasteiger partial charge in [0.2, 0.25) is 11.9 Å². The second kappa shape index (κ2) is 7.81. The summed E-state index contributed by atoms with van der Waals surface area (Å²) in [6, 6.07) is 3.78. The first-order valence-corrected chi connectivity index (χ1v) is 8.61. The highest BCUT2D eigenvalue weighted by Gasteiger charge is 2.29. The Labute approximate surface area is 154 Å². The van der Waals surface area contributed by atoms with Gasteiger partial charge in [0, 0.05) is 37.8 Å². The summed E-state index contributed by atoms with van der Waals surface area (Å²) in [5, 5.41) is 7.38. The molecule has 1 N–H and O–H groups in total. The van der Waals surface area contributed by atoms with Crippen molar-refractivity contribution in [2.45, 2.75) is 25.4 Å². The smallest absolute Gasteiger partial charge is 0.349 e. The van der Waals surface area contributed by atoms with Crippen molar-refractivity contribution in [1.82, 2.24) is 19.5 Å². The molecular formula is C18H20F3N5O. The molecular weight excluding hydrogens is 359 g/mol. The number of amides is 1. The largest absolute Gasteiger partial charge is 0.389 e. The first-order chi connectivity index (χ1) is 12.9. The van der Waals surface area contributed by atoms with Crippen LogP contribution in [0.2, 0.25) is 0 Å². The summed E-state index contributed by atoms with van der Waals surface area (Å²) in [7, 11) is 0. The highest BCUT2D eigenvalue weighted by atomic mass is 19.4. The van der Waals surface area contributed by atoms with Gasteiger partial charge in [-0.2, -0.15) is 18.2 Å². The molecule has 0 atom stereocenters. The number of aromatic nitrogens is 3. The number of anilines is 1. The third kappa shape index (κ3) is 4.66. The Morgan fingerprint density at radius 2 is 2.22 bits per heavy atom. The maximum atomic E-state index is 12.3. The fourth-order valence-electron chi connectivity index (χ4n) is 2.94. The Kier molecular flexibility index (Phi) is 5.48. The number of carbonyl (C=O) groups is 1. The zero-order valence-electron chi connectivity index (χ0n) is 14.7. The van der Waals surface area contributed by atoms with E-state index in [9.17, 15) is 18.0 Å². The molecule has 0 saturated carbocycles. The van der Waals surface area contributed by atoms with Gasteiger partial charge in [0.25, 0.3) is 0 Å². The van der Waals surface area contributed by atoms with Crippen molar-refractivity contribution >= 4 is 23.1 Å². The number of nitrogens with one attached hydrogen (secondary N) is 1. The van der Waals surface area contributed by atoms with Gasteiger partial charge < -0.3 is 10.2 Å². The Bertz CT molecular complexity index is 871. The summed E-state index contributed by atoms with van der Waals surface area (Å²) >= 11 is 0. The van der Waals surface area contributed by atoms with E-state index in [0.717, 1.165) is 11.1 Å². The van der Waals surface area contributed by atoms with E-state index in [1.54, 1.807) is 16.8 Å². The average molecular weight is 379 g/mol. The van der Waals surface area contributed by atoms with Crippen molar-refractivity contribution in [3.63, 3.8) is 0 Å². The van der Waals surface area contributed by atoms with Gasteiger partial charge in [0.05, 0.1) is 6.42 Å². The number of rotatable bonds is 6. The van der Waals surface area contributed by atoms with Crippen LogP contribution in [0.25, 0.3) is 11.2 Å². The van der Waals surface area contributed by atoms with Crippen molar-refractivity contribution in [2.24, 2.45) is 0 Å². The van der Waals surface area contributed by atoms with Gasteiger partial charge in [-0.3, -0.25) is 4.79 Å². The number of pyridine rings is 1. The number of halogens is 3. The van der Waals surface area contributed by atoms with E-state index in [4.69, 9.17) is 0 Å². The van der Waals surface area contributed by atoms with E-state index in [1.807, 2.05) is 18.2 Å². The van der Waals surface area contributed by atoms with Crippen molar-refractivity contribution in [3.8, 4) is 0 Å². The molecule has 1 aliphatic heterocycles. The number of hydrogen-bond acceptors (Lipinski definition) is 4. The summed E-state index contributed by atoms with van der Waals surface area (Å²) in [4.78, 5) is 17.9. The topological polar surface area (TPSA) is 62.5 Å². The number of alkyl halides is 3. The molecule has 0 bridgehead atoms. The van der Waals surface area contributed by atoms with Gasteiger partial charge in [-0.05, 0) is 24.1 Å². The van der Waals surface area contributed by atoms with Crippen LogP contribution >= 0.6 is 0 Å². The zero-order chi connectivity index (χ0) is 19.4. The van der Waals surface area contributed by atoms with Crippen LogP contribution in [0.15, 0.2) is 37.1 Å². The standard InChI is InChI=1S/C18H20F3N5O/c1-2-9-22-17-23-16-14(4-3-10-26(16)24-17)13-6-11-25(12-7-13)15(27)5-8-18(19,20)21/h2-4,6,10H,1,5,7-9,11-12H2,(H,22,24). The van der Waals surface area contributed by atoms with Crippen LogP contribution in [0.1, 0.15) is 24.8 Å². The van der Waals surface area contributed by atoms with E-state index in [2.05, 4.69) is 22.0 Å². The number of hydrogen-bond donors (Lipinski definition) is 1. The highest BCUT2D eigenvalue weighted by Crippen LogP contribution is 2.27. The summed E-state index contributed by atoms with van der Waals surface area (Å²) in [5.74, 6) is 0.0157. The lowest BCUT2D eigenvalue weighted by molar-refractivity contribution is -0.148. The van der Waals surface area contributed by atoms with E-state index in [0.29, 0.717) is 37.7 Å². The molecule has 3 rings (SSSR count). The molecule has 2 aromatic rings. The van der Waals surface area contributed by atoms with Gasteiger partial charge in [0.15, 0.2) is 5.65 Å². The third-order valence-corrected chi connectivity index (χ3v) is 4.30. The lowest BCUT2D eigenvalue weighted by Crippen LogP contribution is -2.35. The fourth-order valence-corrected chi connectivity index (χ4v) is 2.94. The lowest BCUT2D eigenvalue weighted by Gasteiger charge is -2.27. The first-order valence-electron chi connectivity index (χ1n) is 8.61. The highest BCUT2D eigenvalue weighted by molar-refractivity contribution is 5.80. The van der Waals surface area contributed by atoms with Crippen LogP contribution in [-0.4, -0.2) is 51.2 Å². The summed E-state index contributed by atoms with van der Waals surface area (Å²) in [6.45, 7) is 4.87. The molecule has 0 radical (unpaired) electrons. The number of fused-ring (bicyclic) bond motifs is 1. The molecule has 6 nitrogen and oxygen atoms in total. The Morgan fingerprint density at radius 1 is 1.41 bits per heavy atom. The van der Waals surface area contributed by atoms with Gasteiger partial charge in [-0.1, -0.05) is 12.2 Å². The fraction of sp³-hybridized carbons (Fsp3) is 0.389. The van der Waals surface area contributed by atoms with Crippen molar-refractivity contribution < 1.29 is 18.0 Å². The molecule has 0 spiro atoms. The van der Waals surface area contributed by atoms with Gasteiger partial charge in [0.1, 0.15) is 0 Å². The molecule has 0 fully saturated rings. The van der Waals surface area contributed by atoms with Gasteiger partial charge in [-0.25, -0.2) is 4.52 Å². The van der Waals surface area contributed by atoms with Crippen LogP contribution in [-0.2, 0) is 4.79 Å². The minimum atomic E-state index is -4.31. The molecule has 1 amide bonds. The summed E-state index contributed by atoms with van der Waals surface area (Å²) < 4.78 is 38.5. The molecule has 144 valence electrons. The van der Waals surface area contributed by atoms with Crippen LogP contribution in [0.5, 0.6) is 0 Å². The lowest BCUT2D eigenvalue weighted by atomic mass is 10.00. The molecule has 0 saturated heterocycles. The van der Waals surface area contributed by atoms with Crippen LogP contribution in [0.4, 0.5) is 19.1 Å². The second-order valence-electron chi connectivity index (χ2n) is 6.23. The average Bonchev–Trinajstić information content (AvgIpc) is 3.07. The predicted octanol–water partition coefficient (Wildman–Crippen LogP) is 3.29. The zero-order valence-corrected chi connectivity index (χ0v) is 14.7. The van der Waals surface area contributed by atoms with Crippen LogP contribution in [0, 0.1) is 0 Å². The minimum Gasteiger partial charge on any atom is -0.349 e. The Hall–Kier alpha value is -2.84. The summed E-state index contributed by atoms with van der Waals surface area (Å²) in [5.41, 5.74) is 2.59. The monoisotopic (exact) mass is 379 g/mol. The predicted molar refractivity (Wildman–Crippen MR) is 96.1 cm³/mol. The van der Waals surface area contributed by atoms with Crippen molar-refractivity contribution in [1.29, 1.82) is 0 Å². The van der Waals surface area contributed by atoms with Gasteiger partial charge >= 0.3 is 6.18 Å². The van der Waals surface area contributed by atoms with E-state index in [-0.39, 0.29) is 0 Å². The van der Waals surface area contributed by atoms with E-state index < -0.39 is 24.9 Å². The molecule has 0 unspecified atom stereocenters. The molecule has 3 heterocycles. The molecule has 0 aliphatic carbocycles. The number of carbonyl (C=O) groups excluding carboxylic acids is 1. The minimum absolute atomic E-state index is 0.294. The van der Waals surface area contributed by atoms with E-state index >= 15 is 0 Å². The maximum Gasteiger partial charge on any atom is 0.389 e.